The molecule has 1 aromatic carbocycles. The molecule has 0 unspecified atom stereocenters. The number of aryl methyl sites for hydroxylation is 2. The van der Waals surface area contributed by atoms with Crippen LogP contribution in [0.25, 0.3) is 0 Å². The minimum absolute atomic E-state index is 0.109. The average Bonchev–Trinajstić information content (AvgIpc) is 3.43. The van der Waals surface area contributed by atoms with Crippen molar-refractivity contribution in [2.45, 2.75) is 39.2 Å². The van der Waals surface area contributed by atoms with Crippen LogP contribution in [0, 0.1) is 19.8 Å². The van der Waals surface area contributed by atoms with Gasteiger partial charge in [0.15, 0.2) is 6.61 Å². The van der Waals surface area contributed by atoms with Crippen molar-refractivity contribution in [1.29, 1.82) is 0 Å². The van der Waals surface area contributed by atoms with Gasteiger partial charge in [0.2, 0.25) is 0 Å². The Morgan fingerprint density at radius 3 is 2.48 bits per heavy atom. The van der Waals surface area contributed by atoms with Crippen molar-refractivity contribution in [3.8, 4) is 0 Å². The molecule has 1 aliphatic heterocycles. The Morgan fingerprint density at radius 1 is 1.26 bits per heavy atom. The van der Waals surface area contributed by atoms with Gasteiger partial charge in [-0.1, -0.05) is 18.2 Å². The van der Waals surface area contributed by atoms with E-state index in [1.54, 1.807) is 6.92 Å². The Morgan fingerprint density at radius 2 is 1.89 bits per heavy atom. The fourth-order valence-corrected chi connectivity index (χ4v) is 3.30. The summed E-state index contributed by atoms with van der Waals surface area (Å²) in [4.78, 5) is 49.4. The van der Waals surface area contributed by atoms with Crippen LogP contribution >= 0.6 is 0 Å². The molecule has 3 rings (SSSR count). The standard InChI is InChI=1S/C19H23N3O5/c1-11-5-4-6-12(2)16(11)20-14(23)10-27-15(24)9-22-17(25)19(3,13-7-8-13)21-18(22)26/h4-6,13H,7-10H2,1-3H3,(H,20,23)(H,21,26)/t19-/m1/s1. The first-order valence-corrected chi connectivity index (χ1v) is 8.88. The quantitative estimate of drug-likeness (QED) is 0.581. The lowest BCUT2D eigenvalue weighted by molar-refractivity contribution is -0.150. The van der Waals surface area contributed by atoms with Crippen LogP contribution in [0.2, 0.25) is 0 Å². The zero-order valence-corrected chi connectivity index (χ0v) is 15.6. The van der Waals surface area contributed by atoms with E-state index in [0.717, 1.165) is 28.9 Å². The number of rotatable bonds is 6. The SMILES string of the molecule is Cc1cccc(C)c1NC(=O)COC(=O)CN1C(=O)N[C@](C)(C2CC2)C1=O. The van der Waals surface area contributed by atoms with Crippen molar-refractivity contribution in [3.05, 3.63) is 29.3 Å². The van der Waals surface area contributed by atoms with Gasteiger partial charge < -0.3 is 15.4 Å². The van der Waals surface area contributed by atoms with Crippen molar-refractivity contribution in [2.75, 3.05) is 18.5 Å². The van der Waals surface area contributed by atoms with Crippen LogP contribution in [0.15, 0.2) is 18.2 Å². The summed E-state index contributed by atoms with van der Waals surface area (Å²) < 4.78 is 4.93. The topological polar surface area (TPSA) is 105 Å². The number of hydrogen-bond donors (Lipinski definition) is 2. The van der Waals surface area contributed by atoms with E-state index < -0.39 is 42.5 Å². The number of imide groups is 1. The highest BCUT2D eigenvalue weighted by molar-refractivity contribution is 6.09. The summed E-state index contributed by atoms with van der Waals surface area (Å²) in [7, 11) is 0. The first-order valence-electron chi connectivity index (χ1n) is 8.88. The fourth-order valence-electron chi connectivity index (χ4n) is 3.30. The molecule has 0 spiro atoms. The van der Waals surface area contributed by atoms with Gasteiger partial charge in [0.25, 0.3) is 11.8 Å². The van der Waals surface area contributed by atoms with E-state index in [2.05, 4.69) is 10.6 Å². The third-order valence-electron chi connectivity index (χ3n) is 5.09. The van der Waals surface area contributed by atoms with Gasteiger partial charge in [0.05, 0.1) is 0 Å². The molecule has 2 N–H and O–H groups in total. The molecular weight excluding hydrogens is 350 g/mol. The summed E-state index contributed by atoms with van der Waals surface area (Å²) in [6.45, 7) is 4.40. The summed E-state index contributed by atoms with van der Waals surface area (Å²) in [6.07, 6.45) is 1.75. The maximum Gasteiger partial charge on any atom is 0.326 e. The predicted molar refractivity (Wildman–Crippen MR) is 96.9 cm³/mol. The number of carbonyl (C=O) groups excluding carboxylic acids is 4. The van der Waals surface area contributed by atoms with Crippen molar-refractivity contribution < 1.29 is 23.9 Å². The van der Waals surface area contributed by atoms with Gasteiger partial charge in [-0.05, 0) is 50.7 Å². The van der Waals surface area contributed by atoms with E-state index in [4.69, 9.17) is 4.74 Å². The number of para-hydroxylation sites is 1. The van der Waals surface area contributed by atoms with E-state index in [1.807, 2.05) is 32.0 Å². The normalized spacial score (nSPS) is 21.8. The minimum Gasteiger partial charge on any atom is -0.454 e. The van der Waals surface area contributed by atoms with E-state index >= 15 is 0 Å². The molecule has 1 saturated carbocycles. The monoisotopic (exact) mass is 373 g/mol. The van der Waals surface area contributed by atoms with E-state index in [1.165, 1.54) is 0 Å². The molecular formula is C19H23N3O5. The number of nitrogens with zero attached hydrogens (tertiary/aromatic N) is 1. The molecule has 8 nitrogen and oxygen atoms in total. The van der Waals surface area contributed by atoms with Crippen molar-refractivity contribution in [2.24, 2.45) is 5.92 Å². The highest BCUT2D eigenvalue weighted by atomic mass is 16.5. The van der Waals surface area contributed by atoms with Crippen LogP contribution in [-0.2, 0) is 19.1 Å². The first-order chi connectivity index (χ1) is 12.7. The molecule has 0 bridgehead atoms. The van der Waals surface area contributed by atoms with E-state index in [0.29, 0.717) is 5.69 Å². The summed E-state index contributed by atoms with van der Waals surface area (Å²) in [5.74, 6) is -1.61. The number of hydrogen-bond acceptors (Lipinski definition) is 5. The number of ether oxygens (including phenoxy) is 1. The second kappa shape index (κ2) is 7.02. The Bertz CT molecular complexity index is 797. The zero-order valence-electron chi connectivity index (χ0n) is 15.6. The van der Waals surface area contributed by atoms with Gasteiger partial charge in [0, 0.05) is 5.69 Å². The summed E-state index contributed by atoms with van der Waals surface area (Å²) in [5.41, 5.74) is 1.52. The maximum atomic E-state index is 12.5. The van der Waals surface area contributed by atoms with Crippen molar-refractivity contribution >= 4 is 29.5 Å². The molecule has 1 saturated heterocycles. The third kappa shape index (κ3) is 3.79. The Kier molecular flexibility index (Phi) is 4.91. The van der Waals surface area contributed by atoms with Gasteiger partial charge in [-0.25, -0.2) is 4.79 Å². The van der Waals surface area contributed by atoms with Crippen molar-refractivity contribution in [1.82, 2.24) is 10.2 Å². The second-order valence-electron chi connectivity index (χ2n) is 7.27. The van der Waals surface area contributed by atoms with E-state index in [-0.39, 0.29) is 5.92 Å². The lowest BCUT2D eigenvalue weighted by Gasteiger charge is -2.20. The molecule has 1 atom stereocenters. The first kappa shape index (κ1) is 18.9. The Hall–Kier alpha value is -2.90. The van der Waals surface area contributed by atoms with Crippen LogP contribution in [-0.4, -0.2) is 47.4 Å². The van der Waals surface area contributed by atoms with Crippen LogP contribution < -0.4 is 10.6 Å². The van der Waals surface area contributed by atoms with Gasteiger partial charge in [-0.2, -0.15) is 0 Å². The molecule has 0 radical (unpaired) electrons. The van der Waals surface area contributed by atoms with Gasteiger partial charge in [-0.3, -0.25) is 19.3 Å². The number of urea groups is 1. The molecule has 4 amide bonds. The molecule has 1 aliphatic carbocycles. The molecule has 1 heterocycles. The summed E-state index contributed by atoms with van der Waals surface area (Å²) in [6, 6.07) is 5.01. The number of benzene rings is 1. The predicted octanol–water partition coefficient (Wildman–Crippen LogP) is 1.51. The zero-order chi connectivity index (χ0) is 19.8. The highest BCUT2D eigenvalue weighted by Gasteiger charge is 2.56. The fraction of sp³-hybridized carbons (Fsp3) is 0.474. The lowest BCUT2D eigenvalue weighted by Crippen LogP contribution is -2.46. The average molecular weight is 373 g/mol. The Labute approximate surface area is 157 Å². The molecule has 2 aliphatic rings. The molecule has 0 aromatic heterocycles. The molecule has 8 heteroatoms. The lowest BCUT2D eigenvalue weighted by atomic mass is 9.96. The van der Waals surface area contributed by atoms with Crippen LogP contribution in [0.1, 0.15) is 30.9 Å². The Balaban J connectivity index is 1.52. The van der Waals surface area contributed by atoms with Gasteiger partial charge >= 0.3 is 12.0 Å². The molecule has 27 heavy (non-hydrogen) atoms. The number of anilines is 1. The summed E-state index contributed by atoms with van der Waals surface area (Å²) in [5, 5.41) is 5.36. The second-order valence-corrected chi connectivity index (χ2v) is 7.27. The van der Waals surface area contributed by atoms with Gasteiger partial charge in [0.1, 0.15) is 12.1 Å². The van der Waals surface area contributed by atoms with Crippen molar-refractivity contribution in [3.63, 3.8) is 0 Å². The highest BCUT2D eigenvalue weighted by Crippen LogP contribution is 2.42. The van der Waals surface area contributed by atoms with E-state index in [9.17, 15) is 19.2 Å². The number of esters is 1. The van der Waals surface area contributed by atoms with Crippen LogP contribution in [0.4, 0.5) is 10.5 Å². The molecule has 2 fully saturated rings. The molecule has 1 aromatic rings. The maximum absolute atomic E-state index is 12.5. The van der Waals surface area contributed by atoms with Crippen LogP contribution in [0.3, 0.4) is 0 Å². The molecule has 144 valence electrons. The minimum atomic E-state index is -0.947. The number of amides is 4. The van der Waals surface area contributed by atoms with Gasteiger partial charge in [-0.15, -0.1) is 0 Å². The van der Waals surface area contributed by atoms with Crippen LogP contribution in [0.5, 0.6) is 0 Å². The number of carbonyl (C=O) groups is 4. The summed E-state index contributed by atoms with van der Waals surface area (Å²) >= 11 is 0. The number of nitrogens with one attached hydrogen (secondary N) is 2. The smallest absolute Gasteiger partial charge is 0.326 e. The largest absolute Gasteiger partial charge is 0.454 e. The third-order valence-corrected chi connectivity index (χ3v) is 5.09.